The van der Waals surface area contributed by atoms with Gasteiger partial charge in [0.25, 0.3) is 0 Å². The Bertz CT molecular complexity index is 702. The zero-order valence-electron chi connectivity index (χ0n) is 13.9. The van der Waals surface area contributed by atoms with E-state index in [0.29, 0.717) is 12.6 Å². The van der Waals surface area contributed by atoms with Gasteiger partial charge >= 0.3 is 0 Å². The predicted molar refractivity (Wildman–Crippen MR) is 98.7 cm³/mol. The van der Waals surface area contributed by atoms with Crippen molar-refractivity contribution in [2.24, 2.45) is 0 Å². The first-order valence-electron chi connectivity index (χ1n) is 8.91. The fraction of sp³-hybridized carbons (Fsp3) is 0.556. The summed E-state index contributed by atoms with van der Waals surface area (Å²) < 4.78 is 5.88. The fourth-order valence-corrected chi connectivity index (χ4v) is 4.56. The molecule has 128 valence electrons. The zero-order chi connectivity index (χ0) is 16.4. The van der Waals surface area contributed by atoms with Gasteiger partial charge < -0.3 is 10.2 Å². The molecule has 0 radical (unpaired) electrons. The van der Waals surface area contributed by atoms with Gasteiger partial charge in [-0.15, -0.1) is 0 Å². The number of hydrogen-bond donors (Lipinski definition) is 1. The molecule has 1 amide bonds. The van der Waals surface area contributed by atoms with E-state index < -0.39 is 0 Å². The van der Waals surface area contributed by atoms with Gasteiger partial charge in [-0.05, 0) is 36.5 Å². The van der Waals surface area contributed by atoms with Crippen molar-refractivity contribution < 1.29 is 4.79 Å². The van der Waals surface area contributed by atoms with Gasteiger partial charge in [-0.1, -0.05) is 25.0 Å². The van der Waals surface area contributed by atoms with Crippen molar-refractivity contribution in [3.05, 3.63) is 24.3 Å². The maximum atomic E-state index is 12.2. The Balaban J connectivity index is 1.31. The molecule has 1 aliphatic carbocycles. The first-order valence-corrected chi connectivity index (χ1v) is 9.68. The molecule has 0 atom stereocenters. The van der Waals surface area contributed by atoms with Crippen LogP contribution in [0.2, 0.25) is 0 Å². The standard InChI is InChI=1S/C18H24N4OS/c23-17(19-14-5-1-2-6-14)13-21-9-11-22(12-10-21)18-15-7-3-4-8-16(15)24-20-18/h3-4,7-8,14H,1-2,5-6,9-13H2,(H,19,23). The Labute approximate surface area is 146 Å². The predicted octanol–water partition coefficient (Wildman–Crippen LogP) is 2.48. The lowest BCUT2D eigenvalue weighted by Gasteiger charge is -2.34. The maximum absolute atomic E-state index is 12.2. The molecule has 0 spiro atoms. The first-order chi connectivity index (χ1) is 11.8. The molecule has 24 heavy (non-hydrogen) atoms. The Kier molecular flexibility index (Phi) is 4.67. The third kappa shape index (κ3) is 3.39. The van der Waals surface area contributed by atoms with E-state index in [9.17, 15) is 4.79 Å². The Hall–Kier alpha value is -1.66. The third-order valence-electron chi connectivity index (χ3n) is 5.12. The summed E-state index contributed by atoms with van der Waals surface area (Å²) >= 11 is 1.57. The summed E-state index contributed by atoms with van der Waals surface area (Å²) in [6.07, 6.45) is 4.81. The van der Waals surface area contributed by atoms with Gasteiger partial charge in [0.1, 0.15) is 5.82 Å². The molecule has 1 N–H and O–H groups in total. The van der Waals surface area contributed by atoms with E-state index >= 15 is 0 Å². The molecule has 5 nitrogen and oxygen atoms in total. The summed E-state index contributed by atoms with van der Waals surface area (Å²) in [4.78, 5) is 16.8. The molecule has 1 aromatic heterocycles. The number of anilines is 1. The van der Waals surface area contributed by atoms with Gasteiger partial charge in [-0.25, -0.2) is 0 Å². The first kappa shape index (κ1) is 15.8. The molecular formula is C18H24N4OS. The number of rotatable bonds is 4. The maximum Gasteiger partial charge on any atom is 0.234 e. The summed E-state index contributed by atoms with van der Waals surface area (Å²) in [7, 11) is 0. The van der Waals surface area contributed by atoms with Crippen molar-refractivity contribution >= 4 is 33.3 Å². The number of aromatic nitrogens is 1. The van der Waals surface area contributed by atoms with Crippen LogP contribution in [0.5, 0.6) is 0 Å². The fourth-order valence-electron chi connectivity index (χ4n) is 3.76. The van der Waals surface area contributed by atoms with Crippen molar-refractivity contribution in [3.8, 4) is 0 Å². The average molecular weight is 344 g/mol. The molecule has 4 rings (SSSR count). The smallest absolute Gasteiger partial charge is 0.234 e. The van der Waals surface area contributed by atoms with Crippen LogP contribution >= 0.6 is 11.5 Å². The monoisotopic (exact) mass is 344 g/mol. The van der Waals surface area contributed by atoms with Crippen LogP contribution in [0, 0.1) is 0 Å². The molecule has 1 saturated carbocycles. The summed E-state index contributed by atoms with van der Waals surface area (Å²) in [5.41, 5.74) is 0. The molecule has 0 bridgehead atoms. The van der Waals surface area contributed by atoms with Gasteiger partial charge in [-0.2, -0.15) is 4.37 Å². The van der Waals surface area contributed by atoms with Crippen LogP contribution in [0.4, 0.5) is 5.82 Å². The molecule has 1 aromatic carbocycles. The summed E-state index contributed by atoms with van der Waals surface area (Å²) in [6, 6.07) is 8.82. The quantitative estimate of drug-likeness (QED) is 0.926. The van der Waals surface area contributed by atoms with Crippen LogP contribution in [0.1, 0.15) is 25.7 Å². The van der Waals surface area contributed by atoms with E-state index in [2.05, 4.69) is 43.8 Å². The van der Waals surface area contributed by atoms with Crippen LogP contribution < -0.4 is 10.2 Å². The lowest BCUT2D eigenvalue weighted by Crippen LogP contribution is -2.50. The van der Waals surface area contributed by atoms with E-state index in [1.54, 1.807) is 11.5 Å². The molecule has 2 aliphatic rings. The van der Waals surface area contributed by atoms with E-state index in [0.717, 1.165) is 44.8 Å². The zero-order valence-corrected chi connectivity index (χ0v) is 14.7. The van der Waals surface area contributed by atoms with Crippen molar-refractivity contribution in [1.29, 1.82) is 0 Å². The minimum absolute atomic E-state index is 0.189. The van der Waals surface area contributed by atoms with E-state index in [-0.39, 0.29) is 5.91 Å². The number of carbonyl (C=O) groups is 1. The second-order valence-electron chi connectivity index (χ2n) is 6.81. The number of nitrogens with zero attached hydrogens (tertiary/aromatic N) is 3. The second kappa shape index (κ2) is 7.07. The number of amides is 1. The molecule has 2 aromatic rings. The van der Waals surface area contributed by atoms with Gasteiger partial charge in [0.2, 0.25) is 5.91 Å². The minimum atomic E-state index is 0.189. The van der Waals surface area contributed by atoms with E-state index in [1.807, 2.05) is 0 Å². The van der Waals surface area contributed by atoms with E-state index in [4.69, 9.17) is 0 Å². The highest BCUT2D eigenvalue weighted by Crippen LogP contribution is 2.29. The van der Waals surface area contributed by atoms with Crippen LogP contribution in [-0.2, 0) is 4.79 Å². The number of nitrogens with one attached hydrogen (secondary N) is 1. The lowest BCUT2D eigenvalue weighted by atomic mass is 10.2. The van der Waals surface area contributed by atoms with Gasteiger partial charge in [0.15, 0.2) is 0 Å². The highest BCUT2D eigenvalue weighted by molar-refractivity contribution is 7.13. The Morgan fingerprint density at radius 3 is 2.71 bits per heavy atom. The number of benzene rings is 1. The SMILES string of the molecule is O=C(CN1CCN(c2nsc3ccccc23)CC1)NC1CCCC1. The van der Waals surface area contributed by atoms with Crippen LogP contribution in [0.3, 0.4) is 0 Å². The summed E-state index contributed by atoms with van der Waals surface area (Å²) in [5.74, 6) is 1.29. The van der Waals surface area contributed by atoms with Gasteiger partial charge in [-0.3, -0.25) is 9.69 Å². The van der Waals surface area contributed by atoms with E-state index in [1.165, 1.54) is 22.9 Å². The highest BCUT2D eigenvalue weighted by atomic mass is 32.1. The van der Waals surface area contributed by atoms with Crippen LogP contribution in [0.15, 0.2) is 24.3 Å². The number of carbonyl (C=O) groups excluding carboxylic acids is 1. The summed E-state index contributed by atoms with van der Waals surface area (Å²) in [6.45, 7) is 4.24. The van der Waals surface area contributed by atoms with Gasteiger partial charge in [0.05, 0.1) is 11.2 Å². The normalized spacial score (nSPS) is 19.9. The molecule has 1 aliphatic heterocycles. The minimum Gasteiger partial charge on any atom is -0.353 e. The molecule has 6 heteroatoms. The topological polar surface area (TPSA) is 48.5 Å². The number of fused-ring (bicyclic) bond motifs is 1. The molecular weight excluding hydrogens is 320 g/mol. The number of piperazine rings is 1. The van der Waals surface area contributed by atoms with Gasteiger partial charge in [0, 0.05) is 37.6 Å². The Morgan fingerprint density at radius 2 is 1.92 bits per heavy atom. The molecule has 2 fully saturated rings. The van der Waals surface area contributed by atoms with Crippen molar-refractivity contribution in [1.82, 2.24) is 14.6 Å². The number of hydrogen-bond acceptors (Lipinski definition) is 5. The van der Waals surface area contributed by atoms with Crippen LogP contribution in [0.25, 0.3) is 10.1 Å². The highest BCUT2D eigenvalue weighted by Gasteiger charge is 2.23. The van der Waals surface area contributed by atoms with Crippen LogP contribution in [-0.4, -0.2) is 53.9 Å². The van der Waals surface area contributed by atoms with Crippen molar-refractivity contribution in [2.45, 2.75) is 31.7 Å². The van der Waals surface area contributed by atoms with Crippen molar-refractivity contribution in [2.75, 3.05) is 37.6 Å². The summed E-state index contributed by atoms with van der Waals surface area (Å²) in [5, 5.41) is 4.43. The largest absolute Gasteiger partial charge is 0.353 e. The average Bonchev–Trinajstić information content (AvgIpc) is 3.25. The third-order valence-corrected chi connectivity index (χ3v) is 5.93. The lowest BCUT2D eigenvalue weighted by molar-refractivity contribution is -0.123. The van der Waals surface area contributed by atoms with Crippen molar-refractivity contribution in [3.63, 3.8) is 0 Å². The molecule has 0 unspecified atom stereocenters. The second-order valence-corrected chi connectivity index (χ2v) is 7.62. The Morgan fingerprint density at radius 1 is 1.17 bits per heavy atom. The molecule has 1 saturated heterocycles. The molecule has 2 heterocycles.